The van der Waals surface area contributed by atoms with E-state index >= 15 is 0 Å². The summed E-state index contributed by atoms with van der Waals surface area (Å²) in [7, 11) is 1.83. The highest BCUT2D eigenvalue weighted by Crippen LogP contribution is 2.28. The van der Waals surface area contributed by atoms with Crippen molar-refractivity contribution >= 4 is 17.2 Å². The van der Waals surface area contributed by atoms with E-state index in [1.165, 1.54) is 11.3 Å². The largest absolute Gasteiger partial charge is 0.341 e. The Morgan fingerprint density at radius 3 is 2.57 bits per heavy atom. The van der Waals surface area contributed by atoms with Crippen molar-refractivity contribution in [3.8, 4) is 10.6 Å². The second kappa shape index (κ2) is 7.70. The molecule has 2 aromatic rings. The van der Waals surface area contributed by atoms with Crippen molar-refractivity contribution in [3.05, 3.63) is 40.9 Å². The van der Waals surface area contributed by atoms with Gasteiger partial charge in [0.15, 0.2) is 0 Å². The van der Waals surface area contributed by atoms with Crippen molar-refractivity contribution in [2.45, 2.75) is 33.2 Å². The molecule has 5 heteroatoms. The monoisotopic (exact) mass is 331 g/mol. The third kappa shape index (κ3) is 4.39. The lowest BCUT2D eigenvalue weighted by molar-refractivity contribution is 0.0793. The van der Waals surface area contributed by atoms with Gasteiger partial charge < -0.3 is 10.6 Å². The lowest BCUT2D eigenvalue weighted by Crippen LogP contribution is -2.34. The molecule has 1 amide bonds. The Labute approximate surface area is 142 Å². The van der Waals surface area contributed by atoms with Gasteiger partial charge >= 0.3 is 0 Å². The standard InChI is InChI=1S/C18H25N3OS/c1-12(2)15(19)10-11-21(4)18(22)16-13(3)20-17(23-16)14-8-6-5-7-9-14/h5-9,12,15H,10-11,19H2,1-4H3. The molecule has 1 unspecified atom stereocenters. The lowest BCUT2D eigenvalue weighted by Gasteiger charge is -2.21. The highest BCUT2D eigenvalue weighted by Gasteiger charge is 2.20. The van der Waals surface area contributed by atoms with Gasteiger partial charge in [-0.3, -0.25) is 4.79 Å². The Morgan fingerprint density at radius 1 is 1.30 bits per heavy atom. The van der Waals surface area contributed by atoms with Crippen molar-refractivity contribution < 1.29 is 4.79 Å². The Bertz CT molecular complexity index is 652. The molecule has 1 aromatic heterocycles. The average molecular weight is 331 g/mol. The van der Waals surface area contributed by atoms with E-state index in [2.05, 4.69) is 18.8 Å². The molecule has 0 aliphatic carbocycles. The minimum absolute atomic E-state index is 0.0261. The number of rotatable bonds is 6. The first-order chi connectivity index (χ1) is 10.9. The maximum atomic E-state index is 12.6. The van der Waals surface area contributed by atoms with Crippen LogP contribution in [-0.4, -0.2) is 35.4 Å². The molecule has 0 bridgehead atoms. The Balaban J connectivity index is 2.09. The van der Waals surface area contributed by atoms with Crippen LogP contribution in [-0.2, 0) is 0 Å². The van der Waals surface area contributed by atoms with Gasteiger partial charge in [0.1, 0.15) is 9.88 Å². The van der Waals surface area contributed by atoms with Crippen LogP contribution in [0.2, 0.25) is 0 Å². The molecule has 4 nitrogen and oxygen atoms in total. The molecule has 2 N–H and O–H groups in total. The topological polar surface area (TPSA) is 59.2 Å². The molecule has 23 heavy (non-hydrogen) atoms. The smallest absolute Gasteiger partial charge is 0.265 e. The van der Waals surface area contributed by atoms with Crippen LogP contribution in [0.25, 0.3) is 10.6 Å². The first-order valence-corrected chi connectivity index (χ1v) is 8.75. The van der Waals surface area contributed by atoms with Crippen LogP contribution in [0.5, 0.6) is 0 Å². The molecule has 0 saturated carbocycles. The minimum Gasteiger partial charge on any atom is -0.341 e. The predicted octanol–water partition coefficient (Wildman–Crippen LogP) is 3.56. The SMILES string of the molecule is Cc1nc(-c2ccccc2)sc1C(=O)N(C)CCC(N)C(C)C. The summed E-state index contributed by atoms with van der Waals surface area (Å²) in [4.78, 5) is 19.7. The maximum absolute atomic E-state index is 12.6. The number of carbonyl (C=O) groups excluding carboxylic acids is 1. The number of amides is 1. The number of nitrogens with two attached hydrogens (primary N) is 1. The number of carbonyl (C=O) groups is 1. The van der Waals surface area contributed by atoms with Gasteiger partial charge in [0.25, 0.3) is 5.91 Å². The van der Waals surface area contributed by atoms with Crippen LogP contribution >= 0.6 is 11.3 Å². The van der Waals surface area contributed by atoms with Crippen LogP contribution in [0.1, 0.15) is 35.6 Å². The van der Waals surface area contributed by atoms with Crippen molar-refractivity contribution in [1.82, 2.24) is 9.88 Å². The van der Waals surface area contributed by atoms with Crippen LogP contribution in [0, 0.1) is 12.8 Å². The van der Waals surface area contributed by atoms with Crippen LogP contribution < -0.4 is 5.73 Å². The molecule has 1 heterocycles. The minimum atomic E-state index is 0.0261. The molecule has 0 aliphatic rings. The van der Waals surface area contributed by atoms with Crippen LogP contribution in [0.3, 0.4) is 0 Å². The molecule has 0 aliphatic heterocycles. The number of hydrogen-bond donors (Lipinski definition) is 1. The maximum Gasteiger partial charge on any atom is 0.265 e. The molecule has 0 fully saturated rings. The van der Waals surface area contributed by atoms with Crippen molar-refractivity contribution in [3.63, 3.8) is 0 Å². The fraction of sp³-hybridized carbons (Fsp3) is 0.444. The number of aromatic nitrogens is 1. The molecule has 1 aromatic carbocycles. The highest BCUT2D eigenvalue weighted by atomic mass is 32.1. The van der Waals surface area contributed by atoms with E-state index in [4.69, 9.17) is 5.73 Å². The highest BCUT2D eigenvalue weighted by molar-refractivity contribution is 7.17. The molecular formula is C18H25N3OS. The number of nitrogens with zero attached hydrogens (tertiary/aromatic N) is 2. The van der Waals surface area contributed by atoms with Gasteiger partial charge in [-0.1, -0.05) is 44.2 Å². The van der Waals surface area contributed by atoms with Crippen LogP contribution in [0.15, 0.2) is 30.3 Å². The quantitative estimate of drug-likeness (QED) is 0.880. The van der Waals surface area contributed by atoms with E-state index in [-0.39, 0.29) is 11.9 Å². The van der Waals surface area contributed by atoms with Gasteiger partial charge in [0.05, 0.1) is 5.69 Å². The third-order valence-electron chi connectivity index (χ3n) is 4.01. The Kier molecular flexibility index (Phi) is 5.91. The average Bonchev–Trinajstić information content (AvgIpc) is 2.94. The zero-order valence-corrected chi connectivity index (χ0v) is 15.1. The van der Waals surface area contributed by atoms with Crippen molar-refractivity contribution in [2.24, 2.45) is 11.7 Å². The van der Waals surface area contributed by atoms with Crippen molar-refractivity contribution in [1.29, 1.82) is 0 Å². The summed E-state index contributed by atoms with van der Waals surface area (Å²) in [5, 5.41) is 0.888. The van der Waals surface area contributed by atoms with Gasteiger partial charge in [-0.25, -0.2) is 4.98 Å². The normalized spacial score (nSPS) is 12.4. The van der Waals surface area contributed by atoms with E-state index in [1.807, 2.05) is 44.3 Å². The molecule has 124 valence electrons. The summed E-state index contributed by atoms with van der Waals surface area (Å²) in [5.41, 5.74) is 7.90. The van der Waals surface area contributed by atoms with Gasteiger partial charge in [0, 0.05) is 25.2 Å². The van der Waals surface area contributed by atoms with E-state index in [9.17, 15) is 4.79 Å². The summed E-state index contributed by atoms with van der Waals surface area (Å²) >= 11 is 1.46. The fourth-order valence-electron chi connectivity index (χ4n) is 2.25. The second-order valence-corrected chi connectivity index (χ2v) is 7.22. The summed E-state index contributed by atoms with van der Waals surface area (Å²) < 4.78 is 0. The summed E-state index contributed by atoms with van der Waals surface area (Å²) in [6.45, 7) is 6.76. The van der Waals surface area contributed by atoms with Crippen LogP contribution in [0.4, 0.5) is 0 Å². The van der Waals surface area contributed by atoms with Gasteiger partial charge in [-0.2, -0.15) is 0 Å². The zero-order chi connectivity index (χ0) is 17.0. The van der Waals surface area contributed by atoms with Gasteiger partial charge in [0.2, 0.25) is 0 Å². The number of thiazole rings is 1. The molecule has 1 atom stereocenters. The number of benzene rings is 1. The Morgan fingerprint density at radius 2 is 1.96 bits per heavy atom. The molecule has 0 radical (unpaired) electrons. The second-order valence-electron chi connectivity index (χ2n) is 6.22. The molecular weight excluding hydrogens is 306 g/mol. The first kappa shape index (κ1) is 17.6. The number of hydrogen-bond acceptors (Lipinski definition) is 4. The lowest BCUT2D eigenvalue weighted by atomic mass is 10.0. The molecule has 2 rings (SSSR count). The first-order valence-electron chi connectivity index (χ1n) is 7.94. The molecule has 0 spiro atoms. The van der Waals surface area contributed by atoms with Gasteiger partial charge in [-0.15, -0.1) is 11.3 Å². The summed E-state index contributed by atoms with van der Waals surface area (Å²) in [6.07, 6.45) is 0.809. The van der Waals surface area contributed by atoms with Crippen molar-refractivity contribution in [2.75, 3.05) is 13.6 Å². The van der Waals surface area contributed by atoms with E-state index in [0.29, 0.717) is 17.3 Å². The zero-order valence-electron chi connectivity index (χ0n) is 14.2. The van der Waals surface area contributed by atoms with E-state index in [0.717, 1.165) is 22.7 Å². The predicted molar refractivity (Wildman–Crippen MR) is 96.7 cm³/mol. The summed E-state index contributed by atoms with van der Waals surface area (Å²) in [5.74, 6) is 0.450. The fourth-order valence-corrected chi connectivity index (χ4v) is 3.32. The molecule has 0 saturated heterocycles. The summed E-state index contributed by atoms with van der Waals surface area (Å²) in [6, 6.07) is 10.1. The number of aryl methyl sites for hydroxylation is 1. The Hall–Kier alpha value is -1.72. The van der Waals surface area contributed by atoms with E-state index in [1.54, 1.807) is 4.90 Å². The van der Waals surface area contributed by atoms with E-state index < -0.39 is 0 Å². The third-order valence-corrected chi connectivity index (χ3v) is 5.21. The van der Waals surface area contributed by atoms with Gasteiger partial charge in [-0.05, 0) is 19.3 Å².